The van der Waals surface area contributed by atoms with Crippen molar-refractivity contribution in [1.82, 2.24) is 5.32 Å². The van der Waals surface area contributed by atoms with Gasteiger partial charge in [-0.15, -0.1) is 6.58 Å². The van der Waals surface area contributed by atoms with Gasteiger partial charge in [0.05, 0.1) is 15.5 Å². The number of amides is 1. The summed E-state index contributed by atoms with van der Waals surface area (Å²) in [7, 11) is 0. The molecule has 0 heterocycles. The zero-order chi connectivity index (χ0) is 15.1. The van der Waals surface area contributed by atoms with Crippen molar-refractivity contribution in [1.29, 1.82) is 0 Å². The third kappa shape index (κ3) is 4.36. The molecule has 1 N–H and O–H groups in total. The minimum atomic E-state index is -0.835. The van der Waals surface area contributed by atoms with Gasteiger partial charge in [0.2, 0.25) is 0 Å². The van der Waals surface area contributed by atoms with E-state index in [2.05, 4.69) is 11.9 Å². The Kier molecular flexibility index (Phi) is 5.67. The van der Waals surface area contributed by atoms with Gasteiger partial charge in [-0.2, -0.15) is 0 Å². The number of ether oxygens (including phenoxy) is 1. The quantitative estimate of drug-likeness (QED) is 0.373. The third-order valence-electron chi connectivity index (χ3n) is 2.16. The summed E-state index contributed by atoms with van der Waals surface area (Å²) >= 11 is 5.75. The van der Waals surface area contributed by atoms with Gasteiger partial charge in [0.15, 0.2) is 6.61 Å². The van der Waals surface area contributed by atoms with Crippen molar-refractivity contribution in [2.45, 2.75) is 0 Å². The topological polar surface area (TPSA) is 98.5 Å². The van der Waals surface area contributed by atoms with Crippen LogP contribution in [-0.4, -0.2) is 30.0 Å². The molecule has 1 aromatic rings. The molecule has 0 spiro atoms. The van der Waals surface area contributed by atoms with Crippen LogP contribution in [0.1, 0.15) is 10.4 Å². The second-order valence-electron chi connectivity index (χ2n) is 3.59. The van der Waals surface area contributed by atoms with Crippen molar-refractivity contribution in [3.8, 4) is 0 Å². The van der Waals surface area contributed by atoms with Crippen LogP contribution >= 0.6 is 11.6 Å². The summed E-state index contributed by atoms with van der Waals surface area (Å²) in [5.41, 5.74) is -0.288. The second kappa shape index (κ2) is 7.25. The smallest absolute Gasteiger partial charge is 0.340 e. The Labute approximate surface area is 119 Å². The largest absolute Gasteiger partial charge is 0.452 e. The number of carbonyl (C=O) groups excluding carboxylic acids is 2. The predicted octanol–water partition coefficient (Wildman–Crippen LogP) is 1.71. The van der Waals surface area contributed by atoms with E-state index < -0.39 is 23.4 Å². The van der Waals surface area contributed by atoms with Gasteiger partial charge in [-0.1, -0.05) is 17.7 Å². The highest BCUT2D eigenvalue weighted by Gasteiger charge is 2.16. The van der Waals surface area contributed by atoms with Crippen molar-refractivity contribution in [3.05, 3.63) is 51.6 Å². The minimum Gasteiger partial charge on any atom is -0.452 e. The van der Waals surface area contributed by atoms with Gasteiger partial charge >= 0.3 is 5.97 Å². The normalized spacial score (nSPS) is 9.65. The number of hydrogen-bond acceptors (Lipinski definition) is 5. The lowest BCUT2D eigenvalue weighted by Gasteiger charge is -2.06. The molecule has 1 amide bonds. The molecule has 0 fully saturated rings. The van der Waals surface area contributed by atoms with Crippen molar-refractivity contribution >= 4 is 29.2 Å². The number of nitrogens with one attached hydrogen (secondary N) is 1. The highest BCUT2D eigenvalue weighted by molar-refractivity contribution is 6.33. The van der Waals surface area contributed by atoms with E-state index in [9.17, 15) is 19.7 Å². The van der Waals surface area contributed by atoms with Crippen molar-refractivity contribution in [2.75, 3.05) is 13.2 Å². The lowest BCUT2D eigenvalue weighted by molar-refractivity contribution is -0.384. The zero-order valence-corrected chi connectivity index (χ0v) is 11.1. The maximum Gasteiger partial charge on any atom is 0.340 e. The first kappa shape index (κ1) is 15.6. The highest BCUT2D eigenvalue weighted by Crippen LogP contribution is 2.22. The summed E-state index contributed by atoms with van der Waals surface area (Å²) in [6, 6.07) is 3.33. The second-order valence-corrected chi connectivity index (χ2v) is 4.00. The van der Waals surface area contributed by atoms with E-state index in [1.165, 1.54) is 12.1 Å². The predicted molar refractivity (Wildman–Crippen MR) is 71.6 cm³/mol. The van der Waals surface area contributed by atoms with E-state index >= 15 is 0 Å². The Bertz CT molecular complexity index is 559. The van der Waals surface area contributed by atoms with Gasteiger partial charge in [-0.25, -0.2) is 4.79 Å². The number of nitrogens with zero attached hydrogens (tertiary/aromatic N) is 1. The first-order chi connectivity index (χ1) is 9.45. The fourth-order valence-electron chi connectivity index (χ4n) is 1.23. The molecular weight excluding hydrogens is 288 g/mol. The van der Waals surface area contributed by atoms with Crippen LogP contribution in [0.2, 0.25) is 5.02 Å². The molecular formula is C12H11ClN2O5. The van der Waals surface area contributed by atoms with Gasteiger partial charge in [0, 0.05) is 18.7 Å². The van der Waals surface area contributed by atoms with Gasteiger partial charge in [0.1, 0.15) is 0 Å². The Hall–Kier alpha value is -2.41. The fourth-order valence-corrected chi connectivity index (χ4v) is 1.48. The SMILES string of the molecule is C=CCNC(=O)COC(=O)c1ccc([N+](=O)[O-])cc1Cl. The molecule has 7 nitrogen and oxygen atoms in total. The lowest BCUT2D eigenvalue weighted by Crippen LogP contribution is -2.28. The number of non-ortho nitro benzene ring substituents is 1. The molecule has 1 aromatic carbocycles. The standard InChI is InChI=1S/C12H11ClN2O5/c1-2-5-14-11(16)7-20-12(17)9-4-3-8(15(18)19)6-10(9)13/h2-4,6H,1,5,7H2,(H,14,16). The van der Waals surface area contributed by atoms with Crippen molar-refractivity contribution in [2.24, 2.45) is 0 Å². The monoisotopic (exact) mass is 298 g/mol. The summed E-state index contributed by atoms with van der Waals surface area (Å²) in [5, 5.41) is 12.8. The first-order valence-corrected chi connectivity index (χ1v) is 5.82. The number of benzene rings is 1. The van der Waals surface area contributed by atoms with Crippen LogP contribution in [0, 0.1) is 10.1 Å². The van der Waals surface area contributed by atoms with Gasteiger partial charge < -0.3 is 10.1 Å². The lowest BCUT2D eigenvalue weighted by atomic mass is 10.2. The van der Waals surface area contributed by atoms with Gasteiger partial charge in [-0.05, 0) is 6.07 Å². The van der Waals surface area contributed by atoms with Crippen molar-refractivity contribution in [3.63, 3.8) is 0 Å². The molecule has 106 valence electrons. The highest BCUT2D eigenvalue weighted by atomic mass is 35.5. The average molecular weight is 299 g/mol. The van der Waals surface area contributed by atoms with Crippen LogP contribution in [0.4, 0.5) is 5.69 Å². The molecule has 20 heavy (non-hydrogen) atoms. The summed E-state index contributed by atoms with van der Waals surface area (Å²) in [6.45, 7) is 3.20. The van der Waals surface area contributed by atoms with E-state index in [1.807, 2.05) is 0 Å². The molecule has 0 saturated heterocycles. The molecule has 0 aliphatic rings. The number of esters is 1. The fraction of sp³-hybridized carbons (Fsp3) is 0.167. The Morgan fingerprint density at radius 3 is 2.75 bits per heavy atom. The van der Waals surface area contributed by atoms with Crippen LogP contribution < -0.4 is 5.32 Å². The molecule has 1 rings (SSSR count). The molecule has 0 atom stereocenters. The Balaban J connectivity index is 2.66. The van der Waals surface area contributed by atoms with E-state index in [0.29, 0.717) is 0 Å². The van der Waals surface area contributed by atoms with Crippen LogP contribution in [-0.2, 0) is 9.53 Å². The summed E-state index contributed by atoms with van der Waals surface area (Å²) in [6.07, 6.45) is 1.48. The maximum atomic E-state index is 11.6. The average Bonchev–Trinajstić information content (AvgIpc) is 2.42. The molecule has 0 aromatic heterocycles. The van der Waals surface area contributed by atoms with Crippen LogP contribution in [0.25, 0.3) is 0 Å². The molecule has 0 aliphatic carbocycles. The first-order valence-electron chi connectivity index (χ1n) is 5.44. The molecule has 0 saturated carbocycles. The molecule has 0 aliphatic heterocycles. The van der Waals surface area contributed by atoms with E-state index in [4.69, 9.17) is 16.3 Å². The summed E-state index contributed by atoms with van der Waals surface area (Å²) in [5.74, 6) is -1.32. The third-order valence-corrected chi connectivity index (χ3v) is 2.47. The maximum absolute atomic E-state index is 11.6. The summed E-state index contributed by atoms with van der Waals surface area (Å²) < 4.78 is 4.73. The number of halogens is 1. The number of rotatable bonds is 6. The molecule has 0 unspecified atom stereocenters. The molecule has 8 heteroatoms. The molecule has 0 bridgehead atoms. The van der Waals surface area contributed by atoms with E-state index in [-0.39, 0.29) is 22.8 Å². The van der Waals surface area contributed by atoms with E-state index in [0.717, 1.165) is 12.1 Å². The number of hydrogen-bond donors (Lipinski definition) is 1. The van der Waals surface area contributed by atoms with Gasteiger partial charge in [-0.3, -0.25) is 14.9 Å². The van der Waals surface area contributed by atoms with Crippen LogP contribution in [0.3, 0.4) is 0 Å². The Morgan fingerprint density at radius 2 is 2.20 bits per heavy atom. The zero-order valence-electron chi connectivity index (χ0n) is 10.3. The van der Waals surface area contributed by atoms with Gasteiger partial charge in [0.25, 0.3) is 11.6 Å². The van der Waals surface area contributed by atoms with Crippen molar-refractivity contribution < 1.29 is 19.2 Å². The Morgan fingerprint density at radius 1 is 1.50 bits per heavy atom. The van der Waals surface area contributed by atoms with Crippen LogP contribution in [0.5, 0.6) is 0 Å². The van der Waals surface area contributed by atoms with Crippen LogP contribution in [0.15, 0.2) is 30.9 Å². The number of carbonyl (C=O) groups is 2. The molecule has 0 radical (unpaired) electrons. The van der Waals surface area contributed by atoms with E-state index in [1.54, 1.807) is 0 Å². The number of nitro groups is 1. The minimum absolute atomic E-state index is 0.0474. The number of nitro benzene ring substituents is 1. The summed E-state index contributed by atoms with van der Waals surface area (Å²) in [4.78, 5) is 32.7.